The Balaban J connectivity index is 2.69. The van der Waals surface area contributed by atoms with Gasteiger partial charge in [0.15, 0.2) is 0 Å². The minimum atomic E-state index is 0.210. The van der Waals surface area contributed by atoms with Crippen molar-refractivity contribution in [3.8, 4) is 11.5 Å². The van der Waals surface area contributed by atoms with Crippen molar-refractivity contribution in [1.29, 1.82) is 0 Å². The molecule has 1 aromatic rings. The molecule has 0 fully saturated rings. The highest BCUT2D eigenvalue weighted by Crippen LogP contribution is 2.27. The molecule has 21 heavy (non-hydrogen) atoms. The zero-order valence-electron chi connectivity index (χ0n) is 13.5. The average Bonchev–Trinajstić information content (AvgIpc) is 2.53. The van der Waals surface area contributed by atoms with Crippen molar-refractivity contribution in [2.24, 2.45) is 0 Å². The first-order valence-corrected chi connectivity index (χ1v) is 7.28. The number of ether oxygens (including phenoxy) is 4. The SMILES string of the molecule is CCNC(CCOCCOC)c1cc(OC)cc(OC)c1. The van der Waals surface area contributed by atoms with E-state index >= 15 is 0 Å². The first-order chi connectivity index (χ1) is 10.2. The van der Waals surface area contributed by atoms with Crippen LogP contribution in [0.25, 0.3) is 0 Å². The number of methoxy groups -OCH3 is 3. The lowest BCUT2D eigenvalue weighted by atomic mass is 10.0. The van der Waals surface area contributed by atoms with E-state index in [1.165, 1.54) is 0 Å². The van der Waals surface area contributed by atoms with Crippen molar-refractivity contribution in [2.45, 2.75) is 19.4 Å². The lowest BCUT2D eigenvalue weighted by Crippen LogP contribution is -2.22. The van der Waals surface area contributed by atoms with Crippen LogP contribution in [0.15, 0.2) is 18.2 Å². The Bertz CT molecular complexity index is 376. The zero-order chi connectivity index (χ0) is 15.5. The van der Waals surface area contributed by atoms with Crippen molar-refractivity contribution in [1.82, 2.24) is 5.32 Å². The molecule has 1 atom stereocenters. The van der Waals surface area contributed by atoms with E-state index < -0.39 is 0 Å². The molecule has 0 saturated carbocycles. The largest absolute Gasteiger partial charge is 0.497 e. The van der Waals surface area contributed by atoms with Gasteiger partial charge < -0.3 is 24.3 Å². The van der Waals surface area contributed by atoms with E-state index in [1.54, 1.807) is 21.3 Å². The summed E-state index contributed by atoms with van der Waals surface area (Å²) in [6.45, 7) is 4.91. The van der Waals surface area contributed by atoms with Crippen LogP contribution in [0.4, 0.5) is 0 Å². The van der Waals surface area contributed by atoms with Crippen LogP contribution in [0, 0.1) is 0 Å². The van der Waals surface area contributed by atoms with Crippen LogP contribution in [0.1, 0.15) is 24.9 Å². The van der Waals surface area contributed by atoms with Crippen LogP contribution in [-0.2, 0) is 9.47 Å². The fourth-order valence-corrected chi connectivity index (χ4v) is 2.11. The van der Waals surface area contributed by atoms with E-state index in [0.29, 0.717) is 19.8 Å². The molecule has 0 heterocycles. The molecule has 5 nitrogen and oxygen atoms in total. The summed E-state index contributed by atoms with van der Waals surface area (Å²) in [6.07, 6.45) is 0.883. The normalized spacial score (nSPS) is 12.2. The predicted octanol–water partition coefficient (Wildman–Crippen LogP) is 2.41. The second-order valence-electron chi connectivity index (χ2n) is 4.65. The van der Waals surface area contributed by atoms with Gasteiger partial charge in [0.05, 0.1) is 27.4 Å². The molecule has 0 aromatic heterocycles. The minimum absolute atomic E-state index is 0.210. The molecule has 1 unspecified atom stereocenters. The fraction of sp³-hybridized carbons (Fsp3) is 0.625. The molecule has 0 aliphatic heterocycles. The number of rotatable bonds is 11. The summed E-state index contributed by atoms with van der Waals surface area (Å²) in [6, 6.07) is 6.15. The molecule has 0 bridgehead atoms. The second kappa shape index (κ2) is 10.4. The average molecular weight is 297 g/mol. The molecule has 1 rings (SSSR count). The maximum absolute atomic E-state index is 5.56. The summed E-state index contributed by atoms with van der Waals surface area (Å²) in [4.78, 5) is 0. The van der Waals surface area contributed by atoms with E-state index in [4.69, 9.17) is 18.9 Å². The fourth-order valence-electron chi connectivity index (χ4n) is 2.11. The van der Waals surface area contributed by atoms with Crippen LogP contribution in [0.2, 0.25) is 0 Å². The topological polar surface area (TPSA) is 49.0 Å². The Morgan fingerprint density at radius 3 is 2.14 bits per heavy atom. The molecule has 5 heteroatoms. The van der Waals surface area contributed by atoms with E-state index in [0.717, 1.165) is 30.0 Å². The van der Waals surface area contributed by atoms with Crippen LogP contribution < -0.4 is 14.8 Å². The summed E-state index contributed by atoms with van der Waals surface area (Å²) in [5.74, 6) is 1.60. The molecule has 1 N–H and O–H groups in total. The molecule has 120 valence electrons. The highest BCUT2D eigenvalue weighted by molar-refractivity contribution is 5.39. The maximum atomic E-state index is 5.56. The lowest BCUT2D eigenvalue weighted by molar-refractivity contribution is 0.0658. The first kappa shape index (κ1) is 17.8. The van der Waals surface area contributed by atoms with Crippen molar-refractivity contribution in [3.63, 3.8) is 0 Å². The number of hydrogen-bond donors (Lipinski definition) is 1. The molecular formula is C16H27NO4. The van der Waals surface area contributed by atoms with Crippen LogP contribution in [0.3, 0.4) is 0 Å². The van der Waals surface area contributed by atoms with Gasteiger partial charge >= 0.3 is 0 Å². The van der Waals surface area contributed by atoms with Gasteiger partial charge in [0.2, 0.25) is 0 Å². The summed E-state index contributed by atoms with van der Waals surface area (Å²) in [5, 5.41) is 3.47. The van der Waals surface area contributed by atoms with Gasteiger partial charge in [-0.2, -0.15) is 0 Å². The quantitative estimate of drug-likeness (QED) is 0.636. The molecule has 0 spiro atoms. The van der Waals surface area contributed by atoms with Crippen molar-refractivity contribution >= 4 is 0 Å². The van der Waals surface area contributed by atoms with Crippen molar-refractivity contribution < 1.29 is 18.9 Å². The Hall–Kier alpha value is -1.30. The Kier molecular flexibility index (Phi) is 8.82. The first-order valence-electron chi connectivity index (χ1n) is 7.28. The number of nitrogens with one attached hydrogen (secondary N) is 1. The van der Waals surface area contributed by atoms with Gasteiger partial charge in [-0.3, -0.25) is 0 Å². The standard InChI is InChI=1S/C16H27NO4/c1-5-17-16(6-7-21-9-8-18-2)13-10-14(19-3)12-15(11-13)20-4/h10-12,16-17H,5-9H2,1-4H3. The van der Waals surface area contributed by atoms with E-state index in [9.17, 15) is 0 Å². The maximum Gasteiger partial charge on any atom is 0.122 e. The van der Waals surface area contributed by atoms with Gasteiger partial charge in [-0.15, -0.1) is 0 Å². The molecule has 0 radical (unpaired) electrons. The second-order valence-corrected chi connectivity index (χ2v) is 4.65. The molecular weight excluding hydrogens is 270 g/mol. The van der Waals surface area contributed by atoms with Gasteiger partial charge in [-0.1, -0.05) is 6.92 Å². The van der Waals surface area contributed by atoms with E-state index in [-0.39, 0.29) is 6.04 Å². The summed E-state index contributed by atoms with van der Waals surface area (Å²) in [7, 11) is 5.00. The third-order valence-corrected chi connectivity index (χ3v) is 3.21. The molecule has 1 aromatic carbocycles. The van der Waals surface area contributed by atoms with Crippen LogP contribution in [-0.4, -0.2) is 47.7 Å². The molecule has 0 amide bonds. The van der Waals surface area contributed by atoms with Crippen LogP contribution >= 0.6 is 0 Å². The number of hydrogen-bond acceptors (Lipinski definition) is 5. The minimum Gasteiger partial charge on any atom is -0.497 e. The monoisotopic (exact) mass is 297 g/mol. The molecule has 0 aliphatic carbocycles. The third kappa shape index (κ3) is 6.33. The highest BCUT2D eigenvalue weighted by Gasteiger charge is 2.13. The smallest absolute Gasteiger partial charge is 0.122 e. The summed E-state index contributed by atoms with van der Waals surface area (Å²) in [5.41, 5.74) is 1.14. The summed E-state index contributed by atoms with van der Waals surface area (Å²) < 4.78 is 21.2. The summed E-state index contributed by atoms with van der Waals surface area (Å²) >= 11 is 0. The Morgan fingerprint density at radius 2 is 1.62 bits per heavy atom. The Labute approximate surface area is 127 Å². The zero-order valence-corrected chi connectivity index (χ0v) is 13.5. The van der Waals surface area contributed by atoms with Gasteiger partial charge in [-0.05, 0) is 30.7 Å². The highest BCUT2D eigenvalue weighted by atomic mass is 16.5. The Morgan fingerprint density at radius 1 is 0.952 bits per heavy atom. The van der Waals surface area contributed by atoms with E-state index in [2.05, 4.69) is 12.2 Å². The number of benzene rings is 1. The van der Waals surface area contributed by atoms with Gasteiger partial charge in [0.1, 0.15) is 11.5 Å². The lowest BCUT2D eigenvalue weighted by Gasteiger charge is -2.20. The third-order valence-electron chi connectivity index (χ3n) is 3.21. The van der Waals surface area contributed by atoms with Gasteiger partial charge in [0, 0.05) is 25.8 Å². The van der Waals surface area contributed by atoms with E-state index in [1.807, 2.05) is 18.2 Å². The van der Waals surface area contributed by atoms with Gasteiger partial charge in [-0.25, -0.2) is 0 Å². The molecule has 0 saturated heterocycles. The van der Waals surface area contributed by atoms with Crippen molar-refractivity contribution in [2.75, 3.05) is 47.7 Å². The van der Waals surface area contributed by atoms with Crippen LogP contribution in [0.5, 0.6) is 11.5 Å². The van der Waals surface area contributed by atoms with Gasteiger partial charge in [0.25, 0.3) is 0 Å². The molecule has 0 aliphatic rings. The predicted molar refractivity (Wildman–Crippen MR) is 83.3 cm³/mol. The van der Waals surface area contributed by atoms with Crippen molar-refractivity contribution in [3.05, 3.63) is 23.8 Å².